The SMILES string of the molecule is COc1ccc(C(=O)N(C)CC(=O)NC2CC2)c(F)c1. The van der Waals surface area contributed by atoms with Gasteiger partial charge in [0.2, 0.25) is 5.91 Å². The lowest BCUT2D eigenvalue weighted by atomic mass is 10.2. The molecule has 1 aromatic rings. The third-order valence-corrected chi connectivity index (χ3v) is 3.08. The van der Waals surface area contributed by atoms with Crippen molar-refractivity contribution >= 4 is 11.8 Å². The van der Waals surface area contributed by atoms with Gasteiger partial charge in [0.25, 0.3) is 5.91 Å². The van der Waals surface area contributed by atoms with Gasteiger partial charge in [0.1, 0.15) is 11.6 Å². The van der Waals surface area contributed by atoms with Crippen LogP contribution >= 0.6 is 0 Å². The average Bonchev–Trinajstić information content (AvgIpc) is 3.21. The third kappa shape index (κ3) is 3.46. The van der Waals surface area contributed by atoms with Crippen LogP contribution in [0.5, 0.6) is 5.75 Å². The van der Waals surface area contributed by atoms with Gasteiger partial charge in [-0.3, -0.25) is 9.59 Å². The summed E-state index contributed by atoms with van der Waals surface area (Å²) in [6.07, 6.45) is 1.97. The number of halogens is 1. The number of carbonyl (C=O) groups is 2. The van der Waals surface area contributed by atoms with E-state index < -0.39 is 11.7 Å². The molecule has 0 radical (unpaired) electrons. The molecular formula is C14H17FN2O3. The van der Waals surface area contributed by atoms with Crippen molar-refractivity contribution < 1.29 is 18.7 Å². The Morgan fingerprint density at radius 1 is 1.45 bits per heavy atom. The van der Waals surface area contributed by atoms with Gasteiger partial charge in [-0.05, 0) is 25.0 Å². The second-order valence-corrected chi connectivity index (χ2v) is 4.85. The van der Waals surface area contributed by atoms with Gasteiger partial charge in [-0.25, -0.2) is 4.39 Å². The molecule has 0 atom stereocenters. The highest BCUT2D eigenvalue weighted by Crippen LogP contribution is 2.19. The number of likely N-dealkylation sites (N-methyl/N-ethyl adjacent to an activating group) is 1. The van der Waals surface area contributed by atoms with Crippen LogP contribution in [0.1, 0.15) is 23.2 Å². The number of amides is 2. The number of benzene rings is 1. The molecule has 1 N–H and O–H groups in total. The summed E-state index contributed by atoms with van der Waals surface area (Å²) in [7, 11) is 2.89. The number of nitrogens with one attached hydrogen (secondary N) is 1. The Balaban J connectivity index is 2.00. The van der Waals surface area contributed by atoms with Crippen LogP contribution in [0.2, 0.25) is 0 Å². The second-order valence-electron chi connectivity index (χ2n) is 4.85. The van der Waals surface area contributed by atoms with Crippen molar-refractivity contribution in [2.75, 3.05) is 20.7 Å². The van der Waals surface area contributed by atoms with Crippen LogP contribution in [0.3, 0.4) is 0 Å². The van der Waals surface area contributed by atoms with Crippen molar-refractivity contribution in [3.63, 3.8) is 0 Å². The highest BCUT2D eigenvalue weighted by molar-refractivity contribution is 5.96. The Morgan fingerprint density at radius 2 is 2.15 bits per heavy atom. The molecule has 0 spiro atoms. The summed E-state index contributed by atoms with van der Waals surface area (Å²) in [6.45, 7) is -0.0825. The number of nitrogens with zero attached hydrogens (tertiary/aromatic N) is 1. The molecule has 5 nitrogen and oxygen atoms in total. The molecule has 1 aliphatic carbocycles. The second kappa shape index (κ2) is 5.90. The van der Waals surface area contributed by atoms with E-state index >= 15 is 0 Å². The van der Waals surface area contributed by atoms with E-state index in [2.05, 4.69) is 5.32 Å². The summed E-state index contributed by atoms with van der Waals surface area (Å²) >= 11 is 0. The lowest BCUT2D eigenvalue weighted by Crippen LogP contribution is -2.39. The maximum atomic E-state index is 13.8. The molecule has 1 fully saturated rings. The molecule has 1 saturated carbocycles. The maximum absolute atomic E-state index is 13.8. The predicted octanol–water partition coefficient (Wildman–Crippen LogP) is 1.18. The number of hydrogen-bond donors (Lipinski definition) is 1. The van der Waals surface area contributed by atoms with Gasteiger partial charge in [-0.2, -0.15) is 0 Å². The molecule has 20 heavy (non-hydrogen) atoms. The number of ether oxygens (including phenoxy) is 1. The number of carbonyl (C=O) groups excluding carboxylic acids is 2. The Hall–Kier alpha value is -2.11. The van der Waals surface area contributed by atoms with E-state index in [1.165, 1.54) is 31.2 Å². The van der Waals surface area contributed by atoms with Crippen LogP contribution in [0.25, 0.3) is 0 Å². The average molecular weight is 280 g/mol. The highest BCUT2D eigenvalue weighted by Gasteiger charge is 2.25. The summed E-state index contributed by atoms with van der Waals surface area (Å²) in [5.41, 5.74) is -0.0764. The van der Waals surface area contributed by atoms with Gasteiger partial charge in [0, 0.05) is 19.2 Å². The Kier molecular flexibility index (Phi) is 4.22. The zero-order valence-corrected chi connectivity index (χ0v) is 11.5. The first kappa shape index (κ1) is 14.3. The van der Waals surface area contributed by atoms with E-state index in [-0.39, 0.29) is 24.1 Å². The van der Waals surface area contributed by atoms with E-state index in [0.717, 1.165) is 18.9 Å². The number of hydrogen-bond acceptors (Lipinski definition) is 3. The van der Waals surface area contributed by atoms with Crippen molar-refractivity contribution in [1.29, 1.82) is 0 Å². The van der Waals surface area contributed by atoms with Gasteiger partial charge in [-0.15, -0.1) is 0 Å². The summed E-state index contributed by atoms with van der Waals surface area (Å²) < 4.78 is 18.7. The molecule has 0 heterocycles. The molecule has 2 rings (SSSR count). The van der Waals surface area contributed by atoms with Crippen molar-refractivity contribution in [2.24, 2.45) is 0 Å². The molecule has 0 unspecified atom stereocenters. The van der Waals surface area contributed by atoms with Crippen LogP contribution < -0.4 is 10.1 Å². The lowest BCUT2D eigenvalue weighted by Gasteiger charge is -2.17. The summed E-state index contributed by atoms with van der Waals surface area (Å²) in [5.74, 6) is -1.08. The van der Waals surface area contributed by atoms with E-state index in [4.69, 9.17) is 4.74 Å². The topological polar surface area (TPSA) is 58.6 Å². The van der Waals surface area contributed by atoms with E-state index in [9.17, 15) is 14.0 Å². The summed E-state index contributed by atoms with van der Waals surface area (Å²) in [4.78, 5) is 24.9. The molecule has 6 heteroatoms. The third-order valence-electron chi connectivity index (χ3n) is 3.08. The summed E-state index contributed by atoms with van der Waals surface area (Å²) in [6, 6.07) is 4.25. The van der Waals surface area contributed by atoms with Crippen LogP contribution in [0, 0.1) is 5.82 Å². The van der Waals surface area contributed by atoms with Crippen LogP contribution in [-0.2, 0) is 4.79 Å². The van der Waals surface area contributed by atoms with Gasteiger partial charge in [0.05, 0.1) is 19.2 Å². The smallest absolute Gasteiger partial charge is 0.257 e. The van der Waals surface area contributed by atoms with Crippen LogP contribution in [-0.4, -0.2) is 43.5 Å². The van der Waals surface area contributed by atoms with Gasteiger partial charge >= 0.3 is 0 Å². The van der Waals surface area contributed by atoms with Crippen LogP contribution in [0.15, 0.2) is 18.2 Å². The van der Waals surface area contributed by atoms with Crippen molar-refractivity contribution in [3.8, 4) is 5.75 Å². The minimum atomic E-state index is -0.663. The normalized spacial score (nSPS) is 13.8. The monoisotopic (exact) mass is 280 g/mol. The Labute approximate surface area is 116 Å². The highest BCUT2D eigenvalue weighted by atomic mass is 19.1. The van der Waals surface area contributed by atoms with Gasteiger partial charge < -0.3 is 15.0 Å². The zero-order chi connectivity index (χ0) is 14.7. The molecule has 0 bridgehead atoms. The fourth-order valence-electron chi connectivity index (χ4n) is 1.79. The fourth-order valence-corrected chi connectivity index (χ4v) is 1.79. The quantitative estimate of drug-likeness (QED) is 0.881. The first-order valence-corrected chi connectivity index (χ1v) is 6.39. The molecule has 2 amide bonds. The van der Waals surface area contributed by atoms with E-state index in [0.29, 0.717) is 5.75 Å². The first-order chi connectivity index (χ1) is 9.51. The standard InChI is InChI=1S/C14H17FN2O3/c1-17(8-13(18)16-9-3-4-9)14(19)11-6-5-10(20-2)7-12(11)15/h5-7,9H,3-4,8H2,1-2H3,(H,16,18). The molecule has 108 valence electrons. The van der Waals surface area contributed by atoms with Crippen molar-refractivity contribution in [3.05, 3.63) is 29.6 Å². The minimum absolute atomic E-state index is 0.0764. The Morgan fingerprint density at radius 3 is 2.70 bits per heavy atom. The minimum Gasteiger partial charge on any atom is -0.497 e. The lowest BCUT2D eigenvalue weighted by molar-refractivity contribution is -0.121. The van der Waals surface area contributed by atoms with Crippen molar-refractivity contribution in [2.45, 2.75) is 18.9 Å². The first-order valence-electron chi connectivity index (χ1n) is 6.39. The predicted molar refractivity (Wildman–Crippen MR) is 71.1 cm³/mol. The number of rotatable bonds is 5. The van der Waals surface area contributed by atoms with E-state index in [1.807, 2.05) is 0 Å². The van der Waals surface area contributed by atoms with Crippen LogP contribution in [0.4, 0.5) is 4.39 Å². The molecule has 1 aromatic carbocycles. The molecule has 1 aliphatic rings. The fraction of sp³-hybridized carbons (Fsp3) is 0.429. The molecular weight excluding hydrogens is 263 g/mol. The Bertz CT molecular complexity index is 529. The van der Waals surface area contributed by atoms with Crippen molar-refractivity contribution in [1.82, 2.24) is 10.2 Å². The largest absolute Gasteiger partial charge is 0.497 e. The maximum Gasteiger partial charge on any atom is 0.257 e. The zero-order valence-electron chi connectivity index (χ0n) is 11.5. The number of methoxy groups -OCH3 is 1. The molecule has 0 saturated heterocycles. The van der Waals surface area contributed by atoms with Gasteiger partial charge in [-0.1, -0.05) is 0 Å². The van der Waals surface area contributed by atoms with Gasteiger partial charge in [0.15, 0.2) is 0 Å². The van der Waals surface area contributed by atoms with E-state index in [1.54, 1.807) is 0 Å². The summed E-state index contributed by atoms with van der Waals surface area (Å²) in [5, 5.41) is 2.78. The molecule has 0 aromatic heterocycles. The molecule has 0 aliphatic heterocycles.